The first-order valence-corrected chi connectivity index (χ1v) is 12.7. The van der Waals surface area contributed by atoms with Gasteiger partial charge in [0, 0.05) is 48.7 Å². The maximum absolute atomic E-state index is 11.9. The molecular weight excluding hydrogens is 498 g/mol. The molecule has 0 aliphatic heterocycles. The summed E-state index contributed by atoms with van der Waals surface area (Å²) in [6.45, 7) is 9.76. The number of pyridine rings is 1. The molecule has 7 nitrogen and oxygen atoms in total. The zero-order valence-electron chi connectivity index (χ0n) is 22.2. The molecule has 2 heterocycles. The van der Waals surface area contributed by atoms with E-state index in [2.05, 4.69) is 22.2 Å². The Labute approximate surface area is 228 Å². The molecule has 1 amide bonds. The van der Waals surface area contributed by atoms with Crippen molar-refractivity contribution in [2.24, 2.45) is 7.05 Å². The van der Waals surface area contributed by atoms with Crippen LogP contribution in [0.5, 0.6) is 11.5 Å². The molecule has 0 spiro atoms. The fraction of sp³-hybridized carbons (Fsp3) is 0.167. The highest BCUT2D eigenvalue weighted by Crippen LogP contribution is 2.31. The number of nitrogens with one attached hydrogen (secondary N) is 2. The summed E-state index contributed by atoms with van der Waals surface area (Å²) in [5, 5.41) is 6.59. The number of anilines is 2. The van der Waals surface area contributed by atoms with Crippen molar-refractivity contribution in [2.45, 2.75) is 20.8 Å². The molecule has 0 bridgehead atoms. The van der Waals surface area contributed by atoms with Crippen molar-refractivity contribution in [2.75, 3.05) is 12.4 Å². The van der Waals surface area contributed by atoms with Crippen LogP contribution in [-0.4, -0.2) is 27.5 Å². The van der Waals surface area contributed by atoms with Crippen molar-refractivity contribution in [3.05, 3.63) is 102 Å². The summed E-state index contributed by atoms with van der Waals surface area (Å²) in [5.74, 6) is 1.50. The van der Waals surface area contributed by atoms with Crippen molar-refractivity contribution in [1.29, 1.82) is 0 Å². The van der Waals surface area contributed by atoms with Crippen LogP contribution in [0.2, 0.25) is 5.02 Å². The zero-order valence-corrected chi connectivity index (χ0v) is 23.0. The number of imidazole rings is 1. The highest BCUT2D eigenvalue weighted by molar-refractivity contribution is 6.32. The standard InChI is InChI=1S/C28H26ClN5O2.C2H6/c1-5-7-18(8-6-2)22-15-19(9-11-23(22)29)32-28-33-24-16-20(10-12-26(24)34(28)4)36-21-13-14-31-25(17-21)27(35)30-3;1-2/h5-17H,1H2,2-4H3,(H,30,35)(H,32,33);1-2H3/b8-6-,18-7+;. The predicted molar refractivity (Wildman–Crippen MR) is 157 cm³/mol. The molecule has 0 saturated carbocycles. The Morgan fingerprint density at radius 1 is 1.11 bits per heavy atom. The van der Waals surface area contributed by atoms with E-state index in [1.807, 2.05) is 87.0 Å². The third-order valence-corrected chi connectivity index (χ3v) is 5.79. The molecule has 0 aliphatic rings. The van der Waals surface area contributed by atoms with Gasteiger partial charge < -0.3 is 19.9 Å². The first-order valence-electron chi connectivity index (χ1n) is 12.3. The maximum Gasteiger partial charge on any atom is 0.269 e. The van der Waals surface area contributed by atoms with Crippen LogP contribution in [0.15, 0.2) is 85.6 Å². The molecule has 0 aliphatic carbocycles. The van der Waals surface area contributed by atoms with E-state index >= 15 is 0 Å². The van der Waals surface area contributed by atoms with Gasteiger partial charge in [-0.2, -0.15) is 0 Å². The molecule has 2 aromatic heterocycles. The van der Waals surface area contributed by atoms with Gasteiger partial charge in [0.2, 0.25) is 5.95 Å². The summed E-state index contributed by atoms with van der Waals surface area (Å²) >= 11 is 6.48. The monoisotopic (exact) mass is 529 g/mol. The quantitative estimate of drug-likeness (QED) is 0.229. The normalized spacial score (nSPS) is 11.2. The van der Waals surface area contributed by atoms with Crippen LogP contribution in [0.1, 0.15) is 36.8 Å². The van der Waals surface area contributed by atoms with Crippen molar-refractivity contribution >= 4 is 45.8 Å². The number of carbonyl (C=O) groups is 1. The third kappa shape index (κ3) is 6.49. The Morgan fingerprint density at radius 3 is 2.58 bits per heavy atom. The number of aryl methyl sites for hydroxylation is 1. The Balaban J connectivity index is 0.00000195. The molecule has 0 saturated heterocycles. The number of ether oxygens (including phenoxy) is 1. The van der Waals surface area contributed by atoms with Gasteiger partial charge in [0.05, 0.1) is 11.0 Å². The number of allylic oxidation sites excluding steroid dienone is 5. The summed E-state index contributed by atoms with van der Waals surface area (Å²) < 4.78 is 7.93. The van der Waals surface area contributed by atoms with E-state index in [4.69, 9.17) is 21.3 Å². The van der Waals surface area contributed by atoms with E-state index in [1.165, 1.54) is 6.20 Å². The minimum Gasteiger partial charge on any atom is -0.457 e. The van der Waals surface area contributed by atoms with E-state index in [0.29, 0.717) is 22.5 Å². The lowest BCUT2D eigenvalue weighted by Gasteiger charge is -2.11. The fourth-order valence-electron chi connectivity index (χ4n) is 3.71. The summed E-state index contributed by atoms with van der Waals surface area (Å²) in [6, 6.07) is 14.7. The Hall–Kier alpha value is -4.36. The lowest BCUT2D eigenvalue weighted by atomic mass is 10.0. The summed E-state index contributed by atoms with van der Waals surface area (Å²) in [7, 11) is 3.50. The first-order chi connectivity index (χ1) is 18.4. The van der Waals surface area contributed by atoms with Crippen molar-refractivity contribution < 1.29 is 9.53 Å². The van der Waals surface area contributed by atoms with Crippen molar-refractivity contribution in [3.8, 4) is 11.5 Å². The van der Waals surface area contributed by atoms with E-state index in [1.54, 1.807) is 25.3 Å². The van der Waals surface area contributed by atoms with E-state index in [9.17, 15) is 4.79 Å². The van der Waals surface area contributed by atoms with Crippen molar-refractivity contribution in [3.63, 3.8) is 0 Å². The fourth-order valence-corrected chi connectivity index (χ4v) is 3.94. The Bertz CT molecular complexity index is 1500. The lowest BCUT2D eigenvalue weighted by molar-refractivity contribution is 0.0958. The van der Waals surface area contributed by atoms with Crippen LogP contribution in [0.25, 0.3) is 16.6 Å². The highest BCUT2D eigenvalue weighted by atomic mass is 35.5. The van der Waals surface area contributed by atoms with Crippen LogP contribution in [0.3, 0.4) is 0 Å². The second-order valence-corrected chi connectivity index (χ2v) is 8.29. The van der Waals surface area contributed by atoms with Crippen molar-refractivity contribution in [1.82, 2.24) is 19.9 Å². The number of rotatable bonds is 8. The Morgan fingerprint density at radius 2 is 1.87 bits per heavy atom. The van der Waals surface area contributed by atoms with Gasteiger partial charge in [0.1, 0.15) is 17.2 Å². The van der Waals surface area contributed by atoms with Gasteiger partial charge >= 0.3 is 0 Å². The first kappa shape index (κ1) is 28.2. The van der Waals surface area contributed by atoms with Gasteiger partial charge in [0.15, 0.2) is 0 Å². The van der Waals surface area contributed by atoms with Gasteiger partial charge in [0.25, 0.3) is 5.91 Å². The smallest absolute Gasteiger partial charge is 0.269 e. The summed E-state index contributed by atoms with van der Waals surface area (Å²) in [5.41, 5.74) is 4.67. The van der Waals surface area contributed by atoms with Gasteiger partial charge in [-0.3, -0.25) is 9.78 Å². The van der Waals surface area contributed by atoms with Crippen LogP contribution in [-0.2, 0) is 7.05 Å². The number of halogens is 1. The topological polar surface area (TPSA) is 81.1 Å². The molecule has 0 atom stereocenters. The molecule has 0 fully saturated rings. The average Bonchev–Trinajstić information content (AvgIpc) is 3.24. The molecule has 2 N–H and O–H groups in total. The van der Waals surface area contributed by atoms with Crippen LogP contribution < -0.4 is 15.4 Å². The second kappa shape index (κ2) is 13.3. The van der Waals surface area contributed by atoms with Gasteiger partial charge in [-0.05, 0) is 48.9 Å². The molecule has 4 rings (SSSR count). The molecule has 2 aromatic carbocycles. The summed E-state index contributed by atoms with van der Waals surface area (Å²) in [6.07, 6.45) is 9.14. The molecule has 4 aromatic rings. The molecule has 0 radical (unpaired) electrons. The molecule has 38 heavy (non-hydrogen) atoms. The largest absolute Gasteiger partial charge is 0.457 e. The number of hydrogen-bond acceptors (Lipinski definition) is 5. The van der Waals surface area contributed by atoms with Gasteiger partial charge in [-0.1, -0.05) is 56.3 Å². The number of fused-ring (bicyclic) bond motifs is 1. The van der Waals surface area contributed by atoms with Gasteiger partial charge in [-0.15, -0.1) is 0 Å². The molecule has 8 heteroatoms. The lowest BCUT2D eigenvalue weighted by Crippen LogP contribution is -2.18. The third-order valence-electron chi connectivity index (χ3n) is 5.46. The van der Waals surface area contributed by atoms with Crippen LogP contribution in [0, 0.1) is 0 Å². The number of amides is 1. The number of benzene rings is 2. The Kier molecular flexibility index (Phi) is 9.85. The summed E-state index contributed by atoms with van der Waals surface area (Å²) in [4.78, 5) is 20.7. The van der Waals surface area contributed by atoms with E-state index in [-0.39, 0.29) is 11.6 Å². The van der Waals surface area contributed by atoms with E-state index in [0.717, 1.165) is 27.9 Å². The number of hydrogen-bond donors (Lipinski definition) is 2. The minimum atomic E-state index is -0.278. The average molecular weight is 530 g/mol. The molecule has 0 unspecified atom stereocenters. The number of nitrogens with zero attached hydrogens (tertiary/aromatic N) is 3. The minimum absolute atomic E-state index is 0.278. The number of carbonyl (C=O) groups excluding carboxylic acids is 1. The number of aromatic nitrogens is 3. The maximum atomic E-state index is 11.9. The van der Waals surface area contributed by atoms with Gasteiger partial charge in [-0.25, -0.2) is 4.98 Å². The second-order valence-electron chi connectivity index (χ2n) is 7.88. The molecule has 196 valence electrons. The highest BCUT2D eigenvalue weighted by Gasteiger charge is 2.12. The predicted octanol–water partition coefficient (Wildman–Crippen LogP) is 7.69. The SMILES string of the molecule is C=C/C=C(\C=C/C)c1cc(Nc2nc3cc(Oc4ccnc(C(=O)NC)c4)ccc3n2C)ccc1Cl.CC. The van der Waals surface area contributed by atoms with Crippen LogP contribution >= 0.6 is 11.6 Å². The molecular formula is C30H32ClN5O2. The zero-order chi connectivity index (χ0) is 27.7. The van der Waals surface area contributed by atoms with Crippen LogP contribution in [0.4, 0.5) is 11.6 Å². The van der Waals surface area contributed by atoms with E-state index < -0.39 is 0 Å².